The first kappa shape index (κ1) is 19.6. The summed E-state index contributed by atoms with van der Waals surface area (Å²) in [6.07, 6.45) is -1.01. The number of nitrogens with two attached hydrogens (primary N) is 1. The van der Waals surface area contributed by atoms with E-state index in [0.29, 0.717) is 22.5 Å². The quantitative estimate of drug-likeness (QED) is 0.373. The Morgan fingerprint density at radius 1 is 1.13 bits per heavy atom. The number of nitrogens with one attached hydrogen (secondary N) is 2. The summed E-state index contributed by atoms with van der Waals surface area (Å²) >= 11 is 0. The van der Waals surface area contributed by atoms with Crippen molar-refractivity contribution in [3.8, 4) is 0 Å². The van der Waals surface area contributed by atoms with Gasteiger partial charge in [-0.15, -0.1) is 0 Å². The summed E-state index contributed by atoms with van der Waals surface area (Å²) in [6.45, 7) is 1.92. The first-order valence-corrected chi connectivity index (χ1v) is 9.59. The van der Waals surface area contributed by atoms with Crippen LogP contribution < -0.4 is 16.4 Å². The molecule has 0 saturated carbocycles. The Labute approximate surface area is 174 Å². The van der Waals surface area contributed by atoms with E-state index in [2.05, 4.69) is 10.6 Å². The molecule has 30 heavy (non-hydrogen) atoms. The summed E-state index contributed by atoms with van der Waals surface area (Å²) in [5, 5.41) is 28.4. The number of aliphatic hydroxyl groups is 1. The maximum atomic E-state index is 11.3. The van der Waals surface area contributed by atoms with Gasteiger partial charge in [0.15, 0.2) is 6.23 Å². The van der Waals surface area contributed by atoms with Crippen LogP contribution in [0.1, 0.15) is 29.7 Å². The molecule has 3 aromatic carbocycles. The van der Waals surface area contributed by atoms with Crippen molar-refractivity contribution in [2.45, 2.75) is 19.2 Å². The average Bonchev–Trinajstić information content (AvgIpc) is 3.07. The summed E-state index contributed by atoms with van der Waals surface area (Å²) in [6, 6.07) is 21.7. The fourth-order valence-electron chi connectivity index (χ4n) is 3.55. The lowest BCUT2D eigenvalue weighted by Crippen LogP contribution is -2.16. The van der Waals surface area contributed by atoms with E-state index < -0.39 is 11.2 Å². The lowest BCUT2D eigenvalue weighted by Gasteiger charge is -2.18. The van der Waals surface area contributed by atoms with Crippen LogP contribution in [0.25, 0.3) is 11.3 Å². The van der Waals surface area contributed by atoms with E-state index in [4.69, 9.17) is 5.73 Å². The summed E-state index contributed by atoms with van der Waals surface area (Å²) in [5.74, 6) is 0. The van der Waals surface area contributed by atoms with Crippen molar-refractivity contribution in [2.75, 3.05) is 10.6 Å². The molecule has 0 aliphatic carbocycles. The molecule has 1 aliphatic rings. The van der Waals surface area contributed by atoms with Crippen molar-refractivity contribution < 1.29 is 10.0 Å². The van der Waals surface area contributed by atoms with Crippen LogP contribution >= 0.6 is 0 Å². The molecule has 0 radical (unpaired) electrons. The van der Waals surface area contributed by atoms with Crippen LogP contribution in [0.3, 0.4) is 0 Å². The second-order valence-electron chi connectivity index (χ2n) is 7.22. The lowest BCUT2D eigenvalue weighted by atomic mass is 9.99. The van der Waals surface area contributed by atoms with Crippen molar-refractivity contribution in [3.63, 3.8) is 0 Å². The van der Waals surface area contributed by atoms with Gasteiger partial charge in [0, 0.05) is 40.7 Å². The molecule has 0 saturated heterocycles. The lowest BCUT2D eigenvalue weighted by molar-refractivity contribution is -0.384. The van der Waals surface area contributed by atoms with E-state index >= 15 is 0 Å². The highest BCUT2D eigenvalue weighted by Gasteiger charge is 2.30. The largest absolute Gasteiger partial charge is 0.369 e. The molecule has 3 aromatic rings. The maximum Gasteiger partial charge on any atom is 0.270 e. The molecule has 1 heterocycles. The molecule has 7 heteroatoms. The second-order valence-corrected chi connectivity index (χ2v) is 7.22. The van der Waals surface area contributed by atoms with Gasteiger partial charge < -0.3 is 21.5 Å². The second kappa shape index (κ2) is 7.98. The highest BCUT2D eigenvalue weighted by Crippen LogP contribution is 2.41. The minimum Gasteiger partial charge on any atom is -0.369 e. The summed E-state index contributed by atoms with van der Waals surface area (Å²) in [7, 11) is 0. The predicted molar refractivity (Wildman–Crippen MR) is 119 cm³/mol. The molecule has 0 bridgehead atoms. The van der Waals surface area contributed by atoms with Crippen LogP contribution in [0.15, 0.2) is 72.8 Å². The third kappa shape index (κ3) is 3.76. The number of nitrogens with zero attached hydrogens (tertiary/aromatic N) is 1. The number of non-ortho nitro benzene ring substituents is 1. The molecule has 1 aliphatic heterocycles. The Morgan fingerprint density at radius 2 is 1.83 bits per heavy atom. The van der Waals surface area contributed by atoms with Crippen LogP contribution in [-0.4, -0.2) is 16.3 Å². The Morgan fingerprint density at radius 3 is 2.47 bits per heavy atom. The van der Waals surface area contributed by atoms with E-state index in [9.17, 15) is 15.2 Å². The summed E-state index contributed by atoms with van der Waals surface area (Å²) in [5.41, 5.74) is 11.0. The van der Waals surface area contributed by atoms with Crippen LogP contribution in [0.2, 0.25) is 0 Å². The third-order valence-corrected chi connectivity index (χ3v) is 5.11. The molecule has 7 nitrogen and oxygen atoms in total. The van der Waals surface area contributed by atoms with Crippen molar-refractivity contribution in [2.24, 2.45) is 5.73 Å². The summed E-state index contributed by atoms with van der Waals surface area (Å²) in [4.78, 5) is 10.8. The molecule has 0 aromatic heterocycles. The van der Waals surface area contributed by atoms with Crippen molar-refractivity contribution in [3.05, 3.63) is 99.6 Å². The van der Waals surface area contributed by atoms with Crippen molar-refractivity contribution in [1.82, 2.24) is 0 Å². The van der Waals surface area contributed by atoms with E-state index in [1.165, 1.54) is 12.1 Å². The predicted octanol–water partition coefficient (Wildman–Crippen LogP) is 4.34. The Bertz CT molecular complexity index is 1110. The first-order valence-electron chi connectivity index (χ1n) is 9.59. The number of rotatable bonds is 5. The van der Waals surface area contributed by atoms with Gasteiger partial charge >= 0.3 is 0 Å². The molecule has 4 rings (SSSR count). The molecule has 152 valence electrons. The highest BCUT2D eigenvalue weighted by molar-refractivity contribution is 6.03. The molecular weight excluding hydrogens is 380 g/mol. The average molecular weight is 402 g/mol. The van der Waals surface area contributed by atoms with Gasteiger partial charge in [-0.1, -0.05) is 42.5 Å². The number of hydrogen-bond acceptors (Lipinski definition) is 6. The molecule has 0 unspecified atom stereocenters. The Balaban J connectivity index is 1.85. The molecule has 0 amide bonds. The van der Waals surface area contributed by atoms with E-state index in [0.717, 1.165) is 16.8 Å². The zero-order valence-corrected chi connectivity index (χ0v) is 16.4. The number of nitro benzene ring substituents is 1. The van der Waals surface area contributed by atoms with Gasteiger partial charge in [-0.3, -0.25) is 10.1 Å². The number of benzene rings is 3. The Hall–Kier alpha value is -3.68. The van der Waals surface area contributed by atoms with Gasteiger partial charge in [-0.2, -0.15) is 0 Å². The topological polar surface area (TPSA) is 113 Å². The van der Waals surface area contributed by atoms with Crippen molar-refractivity contribution >= 4 is 28.3 Å². The fraction of sp³-hybridized carbons (Fsp3) is 0.130. The van der Waals surface area contributed by atoms with E-state index in [1.54, 1.807) is 6.07 Å². The highest BCUT2D eigenvalue weighted by atomic mass is 16.6. The molecule has 0 spiro atoms. The van der Waals surface area contributed by atoms with Gasteiger partial charge in [-0.05, 0) is 36.2 Å². The fourth-order valence-corrected chi connectivity index (χ4v) is 3.55. The van der Waals surface area contributed by atoms with Crippen LogP contribution in [0.4, 0.5) is 17.1 Å². The van der Waals surface area contributed by atoms with Crippen molar-refractivity contribution in [1.29, 1.82) is 0 Å². The van der Waals surface area contributed by atoms with Gasteiger partial charge in [-0.25, -0.2) is 0 Å². The van der Waals surface area contributed by atoms with Crippen LogP contribution in [0, 0.1) is 10.1 Å². The molecule has 5 N–H and O–H groups in total. The minimum absolute atomic E-state index is 0.0316. The first-order chi connectivity index (χ1) is 14.4. The zero-order valence-electron chi connectivity index (χ0n) is 16.4. The van der Waals surface area contributed by atoms with Crippen LogP contribution in [-0.2, 0) is 0 Å². The van der Waals surface area contributed by atoms with Gasteiger partial charge in [0.25, 0.3) is 5.69 Å². The summed E-state index contributed by atoms with van der Waals surface area (Å²) < 4.78 is 0. The Kier molecular flexibility index (Phi) is 5.22. The van der Waals surface area contributed by atoms with E-state index in [-0.39, 0.29) is 11.7 Å². The third-order valence-electron chi connectivity index (χ3n) is 5.11. The standard InChI is InChI=1S/C23H22N4O3/c1-14(24)15-7-9-17(10-8-15)25-22(16-5-3-2-4-6-16)21-19-13-18(27(29)30)11-12-20(19)26-23(21)28/h2-14,23,25-26,28H,24H2,1H3/b22-21-/t14-,23-/m0/s1. The monoisotopic (exact) mass is 402 g/mol. The number of fused-ring (bicyclic) bond motifs is 1. The van der Waals surface area contributed by atoms with Gasteiger partial charge in [0.05, 0.1) is 10.6 Å². The zero-order chi connectivity index (χ0) is 21.3. The number of anilines is 2. The number of hydrogen-bond donors (Lipinski definition) is 4. The molecule has 0 fully saturated rings. The molecule has 2 atom stereocenters. The van der Waals surface area contributed by atoms with Gasteiger partial charge in [0.2, 0.25) is 0 Å². The van der Waals surface area contributed by atoms with Gasteiger partial charge in [0.1, 0.15) is 0 Å². The minimum atomic E-state index is -1.01. The van der Waals surface area contributed by atoms with E-state index in [1.807, 2.05) is 61.5 Å². The smallest absolute Gasteiger partial charge is 0.270 e. The number of aliphatic hydroxyl groups excluding tert-OH is 1. The molecular formula is C23H22N4O3. The SMILES string of the molecule is C[C@H](N)c1ccc(N/C(=C2/c3cc([N+](=O)[O-])ccc3N[C@H]2O)c2ccccc2)cc1. The normalized spacial score (nSPS) is 17.6. The maximum absolute atomic E-state index is 11.3. The van der Waals surface area contributed by atoms with Crippen LogP contribution in [0.5, 0.6) is 0 Å². The number of nitro groups is 1.